The molecule has 1 saturated heterocycles. The van der Waals surface area contributed by atoms with Crippen LogP contribution in [0.15, 0.2) is 30.3 Å². The van der Waals surface area contributed by atoms with Crippen molar-refractivity contribution >= 4 is 29.6 Å². The molecule has 1 aliphatic heterocycles. The molecule has 0 spiro atoms. The van der Waals surface area contributed by atoms with Gasteiger partial charge in [0.1, 0.15) is 5.75 Å². The lowest BCUT2D eigenvalue weighted by molar-refractivity contribution is 0.415. The number of rotatable bonds is 3. The molecule has 1 aromatic carbocycles. The molecule has 3 heteroatoms. The van der Waals surface area contributed by atoms with Crippen LogP contribution in [-0.4, -0.2) is 23.2 Å². The second-order valence-corrected chi connectivity index (χ2v) is 6.39. The van der Waals surface area contributed by atoms with Crippen LogP contribution in [0.4, 0.5) is 0 Å². The van der Waals surface area contributed by atoms with E-state index < -0.39 is 0 Å². The summed E-state index contributed by atoms with van der Waals surface area (Å²) in [6.07, 6.45) is 5.86. The Morgan fingerprint density at radius 3 is 2.50 bits per heavy atom. The Morgan fingerprint density at radius 1 is 1.19 bits per heavy atom. The molecule has 0 N–H and O–H groups in total. The maximum absolute atomic E-state index is 5.13. The summed E-state index contributed by atoms with van der Waals surface area (Å²) >= 11 is 4.08. The summed E-state index contributed by atoms with van der Waals surface area (Å²) in [5.41, 5.74) is 1.24. The Bertz CT molecular complexity index is 339. The number of hydrogen-bond acceptors (Lipinski definition) is 3. The van der Waals surface area contributed by atoms with E-state index in [1.54, 1.807) is 7.11 Å². The van der Waals surface area contributed by atoms with E-state index in [9.17, 15) is 0 Å². The van der Waals surface area contributed by atoms with Crippen LogP contribution >= 0.6 is 23.5 Å². The van der Waals surface area contributed by atoms with Crippen LogP contribution in [0.25, 0.3) is 6.08 Å². The summed E-state index contributed by atoms with van der Waals surface area (Å²) in [6.45, 7) is 0. The van der Waals surface area contributed by atoms with Crippen LogP contribution in [-0.2, 0) is 0 Å². The summed E-state index contributed by atoms with van der Waals surface area (Å²) in [4.78, 5) is 0. The molecular formula is C13H16OS2. The van der Waals surface area contributed by atoms with Gasteiger partial charge in [-0.3, -0.25) is 0 Å². The zero-order chi connectivity index (χ0) is 11.2. The number of ether oxygens (including phenoxy) is 1. The lowest BCUT2D eigenvalue weighted by Gasteiger charge is -2.17. The molecule has 0 bridgehead atoms. The van der Waals surface area contributed by atoms with Crippen LogP contribution in [0.1, 0.15) is 12.0 Å². The molecule has 0 radical (unpaired) electrons. The molecule has 0 atom stereocenters. The highest BCUT2D eigenvalue weighted by Crippen LogP contribution is 2.31. The van der Waals surface area contributed by atoms with E-state index in [2.05, 4.69) is 24.3 Å². The van der Waals surface area contributed by atoms with Crippen molar-refractivity contribution in [3.05, 3.63) is 35.9 Å². The highest BCUT2D eigenvalue weighted by Gasteiger charge is 2.10. The first-order valence-corrected chi connectivity index (χ1v) is 7.54. The molecule has 86 valence electrons. The molecule has 0 aromatic heterocycles. The molecule has 1 heterocycles. The molecule has 0 saturated carbocycles. The Labute approximate surface area is 106 Å². The minimum absolute atomic E-state index is 0.635. The van der Waals surface area contributed by atoms with Crippen molar-refractivity contribution in [1.82, 2.24) is 0 Å². The van der Waals surface area contributed by atoms with Crippen LogP contribution in [0.2, 0.25) is 0 Å². The summed E-state index contributed by atoms with van der Waals surface area (Å²) in [6, 6.07) is 8.18. The molecular weight excluding hydrogens is 236 g/mol. The van der Waals surface area contributed by atoms with Gasteiger partial charge < -0.3 is 4.74 Å². The monoisotopic (exact) mass is 252 g/mol. The van der Waals surface area contributed by atoms with E-state index in [0.717, 1.165) is 5.75 Å². The zero-order valence-corrected chi connectivity index (χ0v) is 11.0. The summed E-state index contributed by atoms with van der Waals surface area (Å²) in [5, 5.41) is 0. The van der Waals surface area contributed by atoms with E-state index >= 15 is 0 Å². The number of methoxy groups -OCH3 is 1. The van der Waals surface area contributed by atoms with E-state index in [-0.39, 0.29) is 0 Å². The molecule has 1 aromatic rings. The van der Waals surface area contributed by atoms with Gasteiger partial charge in [0.05, 0.1) is 11.7 Å². The van der Waals surface area contributed by atoms with Crippen molar-refractivity contribution in [1.29, 1.82) is 0 Å². The second-order valence-electron chi connectivity index (χ2n) is 3.60. The minimum Gasteiger partial charge on any atom is -0.497 e. The highest BCUT2D eigenvalue weighted by atomic mass is 32.2. The van der Waals surface area contributed by atoms with Crippen LogP contribution in [0.3, 0.4) is 0 Å². The number of hydrogen-bond donors (Lipinski definition) is 0. The van der Waals surface area contributed by atoms with E-state index in [4.69, 9.17) is 4.74 Å². The van der Waals surface area contributed by atoms with Crippen LogP contribution in [0.5, 0.6) is 5.75 Å². The van der Waals surface area contributed by atoms with Crippen molar-refractivity contribution < 1.29 is 4.74 Å². The second kappa shape index (κ2) is 6.26. The predicted octanol–water partition coefficient (Wildman–Crippen LogP) is 3.90. The van der Waals surface area contributed by atoms with Gasteiger partial charge in [-0.15, -0.1) is 23.5 Å². The zero-order valence-electron chi connectivity index (χ0n) is 9.39. The van der Waals surface area contributed by atoms with Gasteiger partial charge in [0.2, 0.25) is 0 Å². The Kier molecular flexibility index (Phi) is 4.67. The normalized spacial score (nSPS) is 17.8. The third-order valence-electron chi connectivity index (χ3n) is 2.41. The van der Waals surface area contributed by atoms with Gasteiger partial charge in [-0.25, -0.2) is 0 Å². The molecule has 1 nitrogen and oxygen atoms in total. The fourth-order valence-corrected chi connectivity index (χ4v) is 4.13. The van der Waals surface area contributed by atoms with Crippen molar-refractivity contribution in [2.45, 2.75) is 11.0 Å². The molecule has 16 heavy (non-hydrogen) atoms. The van der Waals surface area contributed by atoms with Gasteiger partial charge in [0, 0.05) is 0 Å². The Morgan fingerprint density at radius 2 is 1.88 bits per heavy atom. The minimum atomic E-state index is 0.635. The molecule has 2 rings (SSSR count). The lowest BCUT2D eigenvalue weighted by Crippen LogP contribution is -2.02. The molecule has 0 aliphatic carbocycles. The maximum Gasteiger partial charge on any atom is 0.118 e. The summed E-state index contributed by atoms with van der Waals surface area (Å²) in [7, 11) is 1.69. The van der Waals surface area contributed by atoms with E-state index in [1.807, 2.05) is 35.7 Å². The standard InChI is InChI=1S/C13H16OS2/c1-14-12-6-3-11(4-7-12)5-8-13-15-9-2-10-16-13/h3-8,13H,2,9-10H2,1H3. The fraction of sp³-hybridized carbons (Fsp3) is 0.385. The Hall–Kier alpha value is -0.540. The fourth-order valence-electron chi connectivity index (χ4n) is 1.52. The van der Waals surface area contributed by atoms with E-state index in [1.165, 1.54) is 23.5 Å². The predicted molar refractivity (Wildman–Crippen MR) is 75.3 cm³/mol. The lowest BCUT2D eigenvalue weighted by atomic mass is 10.2. The van der Waals surface area contributed by atoms with Crippen molar-refractivity contribution in [2.24, 2.45) is 0 Å². The topological polar surface area (TPSA) is 9.23 Å². The van der Waals surface area contributed by atoms with Gasteiger partial charge in [-0.1, -0.05) is 24.3 Å². The van der Waals surface area contributed by atoms with Gasteiger partial charge >= 0.3 is 0 Å². The van der Waals surface area contributed by atoms with Crippen LogP contribution < -0.4 is 4.74 Å². The van der Waals surface area contributed by atoms with Gasteiger partial charge in [0.15, 0.2) is 0 Å². The molecule has 1 aliphatic rings. The summed E-state index contributed by atoms with van der Waals surface area (Å²) in [5.74, 6) is 3.51. The van der Waals surface area contributed by atoms with Gasteiger partial charge in [-0.05, 0) is 35.6 Å². The average Bonchev–Trinajstić information content (AvgIpc) is 2.38. The SMILES string of the molecule is COc1ccc(C=CC2SCCCS2)cc1. The third-order valence-corrected chi connectivity index (χ3v) is 5.25. The van der Waals surface area contributed by atoms with Crippen LogP contribution in [0, 0.1) is 0 Å². The largest absolute Gasteiger partial charge is 0.497 e. The number of thioether (sulfide) groups is 2. The Balaban J connectivity index is 1.94. The smallest absolute Gasteiger partial charge is 0.118 e. The van der Waals surface area contributed by atoms with E-state index in [0.29, 0.717) is 4.58 Å². The number of benzene rings is 1. The van der Waals surface area contributed by atoms with Gasteiger partial charge in [-0.2, -0.15) is 0 Å². The quantitative estimate of drug-likeness (QED) is 0.807. The first kappa shape index (κ1) is 11.9. The molecule has 1 fully saturated rings. The maximum atomic E-state index is 5.13. The molecule has 0 amide bonds. The first-order chi connectivity index (χ1) is 7.88. The van der Waals surface area contributed by atoms with Crippen molar-refractivity contribution in [2.75, 3.05) is 18.6 Å². The summed E-state index contributed by atoms with van der Waals surface area (Å²) < 4.78 is 5.77. The van der Waals surface area contributed by atoms with Crippen molar-refractivity contribution in [3.8, 4) is 5.75 Å². The molecule has 0 unspecified atom stereocenters. The highest BCUT2D eigenvalue weighted by molar-refractivity contribution is 8.17. The first-order valence-electron chi connectivity index (χ1n) is 5.44. The average molecular weight is 252 g/mol. The van der Waals surface area contributed by atoms with Gasteiger partial charge in [0.25, 0.3) is 0 Å². The van der Waals surface area contributed by atoms with Crippen molar-refractivity contribution in [3.63, 3.8) is 0 Å². The third kappa shape index (κ3) is 3.49.